The summed E-state index contributed by atoms with van der Waals surface area (Å²) in [6.45, 7) is 1.78. The second-order valence-corrected chi connectivity index (χ2v) is 5.58. The van der Waals surface area contributed by atoms with E-state index in [1.165, 1.54) is 0 Å². The molecule has 1 aromatic heterocycles. The highest BCUT2D eigenvalue weighted by molar-refractivity contribution is 6.04. The first-order valence-electron chi connectivity index (χ1n) is 7.58. The Hall–Kier alpha value is -3.21. The van der Waals surface area contributed by atoms with Crippen molar-refractivity contribution >= 4 is 28.4 Å². The molecular weight excluding hydrogens is 302 g/mol. The Kier molecular flexibility index (Phi) is 4.24. The summed E-state index contributed by atoms with van der Waals surface area (Å²) in [4.78, 5) is 28.4. The third-order valence-electron chi connectivity index (χ3n) is 3.86. The first-order chi connectivity index (χ1) is 11.6. The van der Waals surface area contributed by atoms with E-state index in [4.69, 9.17) is 5.73 Å². The molecule has 0 atom stereocenters. The lowest BCUT2D eigenvalue weighted by atomic mass is 10.0. The zero-order valence-corrected chi connectivity index (χ0v) is 13.2. The van der Waals surface area contributed by atoms with Crippen LogP contribution in [0.15, 0.2) is 54.7 Å². The zero-order chi connectivity index (χ0) is 17.1. The van der Waals surface area contributed by atoms with Crippen LogP contribution in [-0.2, 0) is 11.2 Å². The van der Waals surface area contributed by atoms with Crippen LogP contribution in [-0.4, -0.2) is 16.8 Å². The number of para-hydroxylation sites is 1. The fourth-order valence-electron chi connectivity index (χ4n) is 2.78. The van der Waals surface area contributed by atoms with Gasteiger partial charge in [-0.15, -0.1) is 0 Å². The van der Waals surface area contributed by atoms with Crippen LogP contribution in [0.1, 0.15) is 21.5 Å². The van der Waals surface area contributed by atoms with Gasteiger partial charge in [0.25, 0.3) is 5.91 Å². The average Bonchev–Trinajstić information content (AvgIpc) is 2.55. The summed E-state index contributed by atoms with van der Waals surface area (Å²) in [5.74, 6) is -0.781. The summed E-state index contributed by atoms with van der Waals surface area (Å²) in [6, 6.07) is 14.8. The number of aromatic nitrogens is 1. The Morgan fingerprint density at radius 3 is 2.62 bits per heavy atom. The van der Waals surface area contributed by atoms with Crippen LogP contribution in [0.2, 0.25) is 0 Å². The maximum Gasteiger partial charge on any atom is 0.251 e. The molecule has 3 rings (SSSR count). The van der Waals surface area contributed by atoms with E-state index in [-0.39, 0.29) is 12.3 Å². The Morgan fingerprint density at radius 1 is 1.08 bits per heavy atom. The van der Waals surface area contributed by atoms with Crippen molar-refractivity contribution < 1.29 is 9.59 Å². The third kappa shape index (κ3) is 3.10. The maximum absolute atomic E-state index is 12.4. The van der Waals surface area contributed by atoms with Crippen LogP contribution in [0.5, 0.6) is 0 Å². The van der Waals surface area contributed by atoms with Gasteiger partial charge >= 0.3 is 0 Å². The van der Waals surface area contributed by atoms with Crippen molar-refractivity contribution in [2.45, 2.75) is 13.3 Å². The third-order valence-corrected chi connectivity index (χ3v) is 3.86. The first kappa shape index (κ1) is 15.7. The van der Waals surface area contributed by atoms with E-state index in [0.29, 0.717) is 11.3 Å². The normalized spacial score (nSPS) is 10.5. The van der Waals surface area contributed by atoms with Crippen molar-refractivity contribution in [2.24, 2.45) is 5.73 Å². The highest BCUT2D eigenvalue weighted by Gasteiger charge is 2.14. The molecule has 5 nitrogen and oxygen atoms in total. The smallest absolute Gasteiger partial charge is 0.251 e. The largest absolute Gasteiger partial charge is 0.366 e. The van der Waals surface area contributed by atoms with Crippen molar-refractivity contribution in [3.8, 4) is 0 Å². The van der Waals surface area contributed by atoms with Gasteiger partial charge in [-0.1, -0.05) is 36.4 Å². The van der Waals surface area contributed by atoms with Crippen LogP contribution >= 0.6 is 0 Å². The van der Waals surface area contributed by atoms with Crippen LogP contribution in [0.3, 0.4) is 0 Å². The number of hydrogen-bond donors (Lipinski definition) is 2. The number of primary amides is 1. The molecular formula is C19H17N3O2. The molecule has 1 heterocycles. The monoisotopic (exact) mass is 319 g/mol. The van der Waals surface area contributed by atoms with Gasteiger partial charge in [0.15, 0.2) is 0 Å². The molecule has 0 spiro atoms. The zero-order valence-electron chi connectivity index (χ0n) is 13.2. The van der Waals surface area contributed by atoms with Crippen LogP contribution < -0.4 is 11.1 Å². The number of benzene rings is 2. The van der Waals surface area contributed by atoms with E-state index < -0.39 is 5.91 Å². The van der Waals surface area contributed by atoms with E-state index in [1.807, 2.05) is 30.3 Å². The fraction of sp³-hybridized carbons (Fsp3) is 0.105. The summed E-state index contributed by atoms with van der Waals surface area (Å²) in [5, 5.41) is 3.76. The summed E-state index contributed by atoms with van der Waals surface area (Å²) >= 11 is 0. The summed E-state index contributed by atoms with van der Waals surface area (Å²) in [7, 11) is 0. The minimum absolute atomic E-state index is 0.167. The molecule has 0 fully saturated rings. The maximum atomic E-state index is 12.4. The van der Waals surface area contributed by atoms with Crippen molar-refractivity contribution in [3.63, 3.8) is 0 Å². The van der Waals surface area contributed by atoms with Crippen molar-refractivity contribution in [1.29, 1.82) is 0 Å². The quantitative estimate of drug-likeness (QED) is 0.775. The van der Waals surface area contributed by atoms with Crippen molar-refractivity contribution in [2.75, 3.05) is 5.32 Å². The molecule has 0 unspecified atom stereocenters. The summed E-state index contributed by atoms with van der Waals surface area (Å²) in [5.41, 5.74) is 8.55. The van der Waals surface area contributed by atoms with Gasteiger partial charge in [0.2, 0.25) is 5.91 Å². The molecule has 2 aromatic carbocycles. The van der Waals surface area contributed by atoms with E-state index in [9.17, 15) is 9.59 Å². The molecule has 3 aromatic rings. The fourth-order valence-corrected chi connectivity index (χ4v) is 2.78. The van der Waals surface area contributed by atoms with Gasteiger partial charge in [0.05, 0.1) is 23.2 Å². The number of fused-ring (bicyclic) bond motifs is 1. The number of nitrogens with zero attached hydrogens (tertiary/aromatic N) is 1. The van der Waals surface area contributed by atoms with E-state index in [1.54, 1.807) is 31.3 Å². The van der Waals surface area contributed by atoms with Gasteiger partial charge in [-0.3, -0.25) is 14.6 Å². The molecule has 24 heavy (non-hydrogen) atoms. The number of amides is 2. The van der Waals surface area contributed by atoms with E-state index in [2.05, 4.69) is 10.3 Å². The number of anilines is 1. The lowest BCUT2D eigenvalue weighted by Crippen LogP contribution is -2.20. The summed E-state index contributed by atoms with van der Waals surface area (Å²) < 4.78 is 0. The number of nitrogens with two attached hydrogens (primary N) is 1. The van der Waals surface area contributed by atoms with Crippen LogP contribution in [0.25, 0.3) is 10.9 Å². The number of aryl methyl sites for hydroxylation is 1. The highest BCUT2D eigenvalue weighted by Crippen LogP contribution is 2.20. The first-order valence-corrected chi connectivity index (χ1v) is 7.58. The number of carbonyl (C=O) groups excluding carboxylic acids is 2. The molecule has 0 aliphatic carbocycles. The highest BCUT2D eigenvalue weighted by atomic mass is 16.2. The molecule has 0 saturated heterocycles. The van der Waals surface area contributed by atoms with E-state index >= 15 is 0 Å². The molecule has 0 radical (unpaired) electrons. The van der Waals surface area contributed by atoms with Crippen LogP contribution in [0, 0.1) is 6.92 Å². The van der Waals surface area contributed by atoms with Gasteiger partial charge < -0.3 is 11.1 Å². The lowest BCUT2D eigenvalue weighted by Gasteiger charge is -2.11. The predicted molar refractivity (Wildman–Crippen MR) is 93.8 cm³/mol. The minimum atomic E-state index is -0.560. The van der Waals surface area contributed by atoms with Crippen molar-refractivity contribution in [1.82, 2.24) is 4.98 Å². The standard InChI is InChI=1S/C19H17N3O2/c1-12-5-2-9-15(17(12)19(20)24)22-16(23)11-14-7-3-6-13-8-4-10-21-18(13)14/h2-10H,11H2,1H3,(H2,20,24)(H,22,23). The average molecular weight is 319 g/mol. The molecule has 5 heteroatoms. The molecule has 120 valence electrons. The predicted octanol–water partition coefficient (Wildman–Crippen LogP) is 2.82. The molecule has 0 aliphatic rings. The molecule has 0 bridgehead atoms. The summed E-state index contributed by atoms with van der Waals surface area (Å²) in [6.07, 6.45) is 1.87. The number of rotatable bonds is 4. The SMILES string of the molecule is Cc1cccc(NC(=O)Cc2cccc3cccnc23)c1C(N)=O. The molecule has 0 aliphatic heterocycles. The number of carbonyl (C=O) groups is 2. The Morgan fingerprint density at radius 2 is 1.83 bits per heavy atom. The molecule has 3 N–H and O–H groups in total. The second-order valence-electron chi connectivity index (χ2n) is 5.58. The Balaban J connectivity index is 1.86. The van der Waals surface area contributed by atoms with Gasteiger partial charge in [0, 0.05) is 11.6 Å². The van der Waals surface area contributed by atoms with E-state index in [0.717, 1.165) is 22.0 Å². The topological polar surface area (TPSA) is 85.1 Å². The number of pyridine rings is 1. The van der Waals surface area contributed by atoms with Crippen molar-refractivity contribution in [3.05, 3.63) is 71.4 Å². The Labute approximate surface area is 139 Å². The minimum Gasteiger partial charge on any atom is -0.366 e. The lowest BCUT2D eigenvalue weighted by molar-refractivity contribution is -0.115. The molecule has 0 saturated carbocycles. The van der Waals surface area contributed by atoms with Crippen LogP contribution in [0.4, 0.5) is 5.69 Å². The van der Waals surface area contributed by atoms with Gasteiger partial charge in [0.1, 0.15) is 0 Å². The number of hydrogen-bond acceptors (Lipinski definition) is 3. The van der Waals surface area contributed by atoms with Gasteiger partial charge in [-0.2, -0.15) is 0 Å². The number of nitrogens with one attached hydrogen (secondary N) is 1. The molecule has 2 amide bonds. The second kappa shape index (κ2) is 6.50. The Bertz CT molecular complexity index is 930. The van der Waals surface area contributed by atoms with Gasteiger partial charge in [-0.25, -0.2) is 0 Å². The van der Waals surface area contributed by atoms with Gasteiger partial charge in [-0.05, 0) is 30.2 Å².